The minimum Gasteiger partial charge on any atom is -0.487 e. The molecule has 1 saturated heterocycles. The van der Waals surface area contributed by atoms with E-state index < -0.39 is 13.0 Å². The summed E-state index contributed by atoms with van der Waals surface area (Å²) in [4.78, 5) is 12.1. The van der Waals surface area contributed by atoms with Crippen molar-refractivity contribution in [2.75, 3.05) is 25.0 Å². The topological polar surface area (TPSA) is 50.4 Å². The second-order valence-corrected chi connectivity index (χ2v) is 5.21. The van der Waals surface area contributed by atoms with Gasteiger partial charge in [0.2, 0.25) is 5.91 Å². The van der Waals surface area contributed by atoms with E-state index in [1.54, 1.807) is 25.1 Å². The Morgan fingerprint density at radius 2 is 2.27 bits per heavy atom. The van der Waals surface area contributed by atoms with E-state index in [2.05, 4.69) is 10.6 Å². The third-order valence-electron chi connectivity index (χ3n) is 3.49. The van der Waals surface area contributed by atoms with Crippen LogP contribution in [-0.2, 0) is 4.79 Å². The molecule has 0 radical (unpaired) electrons. The molecule has 1 aromatic rings. The monoisotopic (exact) mass is 334 g/mol. The normalized spacial score (nSPS) is 17.7. The Bertz CT molecular complexity index is 494. The SMILES string of the molecule is Cc1ccc(NC(=O)C2CCCNC2)cc1OCC(F)F.Cl. The van der Waals surface area contributed by atoms with Gasteiger partial charge in [0, 0.05) is 18.3 Å². The number of anilines is 1. The number of amides is 1. The largest absolute Gasteiger partial charge is 0.487 e. The van der Waals surface area contributed by atoms with E-state index in [0.29, 0.717) is 18.0 Å². The second-order valence-electron chi connectivity index (χ2n) is 5.21. The minimum atomic E-state index is -2.52. The number of benzene rings is 1. The number of ether oxygens (including phenoxy) is 1. The molecule has 7 heteroatoms. The predicted octanol–water partition coefficient (Wildman–Crippen LogP) is 3.00. The summed E-state index contributed by atoms with van der Waals surface area (Å²) in [6.45, 7) is 2.74. The highest BCUT2D eigenvalue weighted by atomic mass is 35.5. The molecule has 1 atom stereocenters. The molecule has 1 aliphatic rings. The van der Waals surface area contributed by atoms with Gasteiger partial charge < -0.3 is 15.4 Å². The molecule has 0 aliphatic carbocycles. The Balaban J connectivity index is 0.00000242. The lowest BCUT2D eigenvalue weighted by molar-refractivity contribution is -0.120. The minimum absolute atomic E-state index is 0. The molecule has 0 spiro atoms. The lowest BCUT2D eigenvalue weighted by Gasteiger charge is -2.22. The van der Waals surface area contributed by atoms with Gasteiger partial charge in [-0.15, -0.1) is 12.4 Å². The van der Waals surface area contributed by atoms with Crippen molar-refractivity contribution in [3.05, 3.63) is 23.8 Å². The first-order valence-electron chi connectivity index (χ1n) is 7.09. The molecule has 2 rings (SSSR count). The zero-order valence-corrected chi connectivity index (χ0v) is 13.2. The molecule has 22 heavy (non-hydrogen) atoms. The number of rotatable bonds is 5. The Labute approximate surface area is 135 Å². The van der Waals surface area contributed by atoms with Gasteiger partial charge >= 0.3 is 0 Å². The first-order chi connectivity index (χ1) is 10.1. The Morgan fingerprint density at radius 3 is 2.91 bits per heavy atom. The van der Waals surface area contributed by atoms with Gasteiger partial charge in [-0.2, -0.15) is 0 Å². The molecule has 1 aliphatic heterocycles. The average molecular weight is 335 g/mol. The van der Waals surface area contributed by atoms with Gasteiger partial charge in [0.15, 0.2) is 0 Å². The Kier molecular flexibility index (Phi) is 7.55. The van der Waals surface area contributed by atoms with Crippen molar-refractivity contribution in [2.45, 2.75) is 26.2 Å². The van der Waals surface area contributed by atoms with Gasteiger partial charge in [-0.05, 0) is 37.9 Å². The van der Waals surface area contributed by atoms with Crippen LogP contribution < -0.4 is 15.4 Å². The second kappa shape index (κ2) is 8.90. The molecule has 1 amide bonds. The molecule has 0 aromatic heterocycles. The molecular formula is C15H21ClF2N2O2. The Hall–Kier alpha value is -1.40. The molecular weight excluding hydrogens is 314 g/mol. The lowest BCUT2D eigenvalue weighted by Crippen LogP contribution is -2.37. The predicted molar refractivity (Wildman–Crippen MR) is 84.1 cm³/mol. The number of hydrogen-bond acceptors (Lipinski definition) is 3. The Morgan fingerprint density at radius 1 is 1.50 bits per heavy atom. The van der Waals surface area contributed by atoms with Crippen molar-refractivity contribution in [1.29, 1.82) is 0 Å². The molecule has 1 fully saturated rings. The summed E-state index contributed by atoms with van der Waals surface area (Å²) in [6.07, 6.45) is -0.676. The van der Waals surface area contributed by atoms with Crippen LogP contribution in [0.4, 0.5) is 14.5 Å². The van der Waals surface area contributed by atoms with Crippen LogP contribution in [0.25, 0.3) is 0 Å². The van der Waals surface area contributed by atoms with Crippen molar-refractivity contribution in [3.8, 4) is 5.75 Å². The van der Waals surface area contributed by atoms with Gasteiger partial charge in [0.25, 0.3) is 6.43 Å². The van der Waals surface area contributed by atoms with Crippen molar-refractivity contribution >= 4 is 24.0 Å². The van der Waals surface area contributed by atoms with Crippen molar-refractivity contribution in [2.24, 2.45) is 5.92 Å². The van der Waals surface area contributed by atoms with Crippen LogP contribution in [0.15, 0.2) is 18.2 Å². The number of aryl methyl sites for hydroxylation is 1. The third-order valence-corrected chi connectivity index (χ3v) is 3.49. The molecule has 1 aromatic carbocycles. The van der Waals surface area contributed by atoms with E-state index in [1.165, 1.54) is 0 Å². The fourth-order valence-electron chi connectivity index (χ4n) is 2.31. The summed E-state index contributed by atoms with van der Waals surface area (Å²) in [7, 11) is 0. The van der Waals surface area contributed by atoms with Gasteiger partial charge in [-0.25, -0.2) is 8.78 Å². The number of hydrogen-bond donors (Lipinski definition) is 2. The van der Waals surface area contributed by atoms with E-state index >= 15 is 0 Å². The summed E-state index contributed by atoms with van der Waals surface area (Å²) >= 11 is 0. The molecule has 4 nitrogen and oxygen atoms in total. The third kappa shape index (κ3) is 5.42. The van der Waals surface area contributed by atoms with Crippen LogP contribution in [0.2, 0.25) is 0 Å². The number of piperidine rings is 1. The zero-order valence-electron chi connectivity index (χ0n) is 12.4. The van der Waals surface area contributed by atoms with Gasteiger partial charge in [-0.3, -0.25) is 4.79 Å². The summed E-state index contributed by atoms with van der Waals surface area (Å²) in [5.74, 6) is 0.270. The van der Waals surface area contributed by atoms with E-state index in [1.807, 2.05) is 0 Å². The summed E-state index contributed by atoms with van der Waals surface area (Å²) in [6, 6.07) is 5.08. The number of nitrogens with one attached hydrogen (secondary N) is 2. The molecule has 1 heterocycles. The quantitative estimate of drug-likeness (QED) is 0.870. The maximum atomic E-state index is 12.2. The number of halogens is 3. The molecule has 2 N–H and O–H groups in total. The average Bonchev–Trinajstić information content (AvgIpc) is 2.48. The highest BCUT2D eigenvalue weighted by molar-refractivity contribution is 5.93. The fourth-order valence-corrected chi connectivity index (χ4v) is 2.31. The summed E-state index contributed by atoms with van der Waals surface area (Å²) < 4.78 is 29.5. The molecule has 1 unspecified atom stereocenters. The molecule has 124 valence electrons. The fraction of sp³-hybridized carbons (Fsp3) is 0.533. The number of alkyl halides is 2. The van der Waals surface area contributed by atoms with Crippen molar-refractivity contribution in [3.63, 3.8) is 0 Å². The lowest BCUT2D eigenvalue weighted by atomic mass is 9.99. The summed E-state index contributed by atoms with van der Waals surface area (Å²) in [5, 5.41) is 6.01. The highest BCUT2D eigenvalue weighted by Gasteiger charge is 2.21. The maximum absolute atomic E-state index is 12.2. The first kappa shape index (κ1) is 18.6. The van der Waals surface area contributed by atoms with Crippen LogP contribution in [-0.4, -0.2) is 32.0 Å². The van der Waals surface area contributed by atoms with E-state index in [0.717, 1.165) is 24.9 Å². The van der Waals surface area contributed by atoms with Gasteiger partial charge in [0.1, 0.15) is 12.4 Å². The standard InChI is InChI=1S/C15H20F2N2O2.ClH/c1-10-4-5-12(7-13(10)21-9-14(16)17)19-15(20)11-3-2-6-18-8-11;/h4-5,7,11,14,18H,2-3,6,8-9H2,1H3,(H,19,20);1H. The molecule has 0 saturated carbocycles. The van der Waals surface area contributed by atoms with E-state index in [4.69, 9.17) is 4.74 Å². The number of carbonyl (C=O) groups excluding carboxylic acids is 1. The van der Waals surface area contributed by atoms with Crippen molar-refractivity contribution in [1.82, 2.24) is 5.32 Å². The van der Waals surface area contributed by atoms with Gasteiger partial charge in [-0.1, -0.05) is 6.07 Å². The molecule has 0 bridgehead atoms. The zero-order chi connectivity index (χ0) is 15.2. The van der Waals surface area contributed by atoms with Crippen LogP contribution in [0.3, 0.4) is 0 Å². The smallest absolute Gasteiger partial charge is 0.272 e. The van der Waals surface area contributed by atoms with E-state index in [-0.39, 0.29) is 24.2 Å². The van der Waals surface area contributed by atoms with Crippen LogP contribution in [0, 0.1) is 12.8 Å². The number of carbonyl (C=O) groups is 1. The van der Waals surface area contributed by atoms with Crippen LogP contribution in [0.1, 0.15) is 18.4 Å². The highest BCUT2D eigenvalue weighted by Crippen LogP contribution is 2.24. The van der Waals surface area contributed by atoms with E-state index in [9.17, 15) is 13.6 Å². The van der Waals surface area contributed by atoms with Crippen molar-refractivity contribution < 1.29 is 18.3 Å². The first-order valence-corrected chi connectivity index (χ1v) is 7.09. The van der Waals surface area contributed by atoms with Crippen LogP contribution >= 0.6 is 12.4 Å². The van der Waals surface area contributed by atoms with Gasteiger partial charge in [0.05, 0.1) is 5.92 Å². The maximum Gasteiger partial charge on any atom is 0.272 e. The summed E-state index contributed by atoms with van der Waals surface area (Å²) in [5.41, 5.74) is 1.33. The van der Waals surface area contributed by atoms with Crippen LogP contribution in [0.5, 0.6) is 5.75 Å².